The summed E-state index contributed by atoms with van der Waals surface area (Å²) in [6.07, 6.45) is 2.52. The standard InChI is InChI=1S/C13H18FNO/c1-13(9-16,15-8-10-5-6-10)11-3-2-4-12(14)7-11/h2-4,7,10,15-16H,5-6,8-9H2,1H3. The van der Waals surface area contributed by atoms with E-state index in [9.17, 15) is 9.50 Å². The molecule has 1 saturated carbocycles. The number of benzene rings is 1. The van der Waals surface area contributed by atoms with Crippen LogP contribution in [-0.2, 0) is 5.54 Å². The summed E-state index contributed by atoms with van der Waals surface area (Å²) in [5, 5.41) is 12.8. The Bertz CT molecular complexity index is 365. The molecule has 0 radical (unpaired) electrons. The quantitative estimate of drug-likeness (QED) is 0.800. The molecule has 0 saturated heterocycles. The van der Waals surface area contributed by atoms with Gasteiger partial charge in [-0.3, -0.25) is 0 Å². The number of hydrogen-bond acceptors (Lipinski definition) is 2. The molecule has 2 N–H and O–H groups in total. The van der Waals surface area contributed by atoms with Gasteiger partial charge in [0, 0.05) is 0 Å². The molecule has 0 amide bonds. The second-order valence-electron chi connectivity index (χ2n) is 4.82. The summed E-state index contributed by atoms with van der Waals surface area (Å²) < 4.78 is 13.1. The molecule has 1 unspecified atom stereocenters. The zero-order valence-corrected chi connectivity index (χ0v) is 9.54. The number of aliphatic hydroxyl groups excluding tert-OH is 1. The van der Waals surface area contributed by atoms with E-state index in [0.717, 1.165) is 18.0 Å². The van der Waals surface area contributed by atoms with Gasteiger partial charge in [-0.1, -0.05) is 12.1 Å². The summed E-state index contributed by atoms with van der Waals surface area (Å²) >= 11 is 0. The first kappa shape index (κ1) is 11.6. The molecule has 3 heteroatoms. The van der Waals surface area contributed by atoms with Crippen molar-refractivity contribution in [1.82, 2.24) is 5.32 Å². The molecule has 0 heterocycles. The molecule has 0 bridgehead atoms. The number of rotatable bonds is 5. The van der Waals surface area contributed by atoms with E-state index in [1.807, 2.05) is 13.0 Å². The molecule has 88 valence electrons. The number of nitrogens with one attached hydrogen (secondary N) is 1. The van der Waals surface area contributed by atoms with Crippen LogP contribution in [0, 0.1) is 11.7 Å². The summed E-state index contributed by atoms with van der Waals surface area (Å²) in [6.45, 7) is 2.78. The van der Waals surface area contributed by atoms with E-state index >= 15 is 0 Å². The molecule has 1 atom stereocenters. The molecule has 1 aliphatic carbocycles. The van der Waals surface area contributed by atoms with Gasteiger partial charge in [0.25, 0.3) is 0 Å². The van der Waals surface area contributed by atoms with Crippen molar-refractivity contribution in [3.8, 4) is 0 Å². The largest absolute Gasteiger partial charge is 0.394 e. The highest BCUT2D eigenvalue weighted by atomic mass is 19.1. The van der Waals surface area contributed by atoms with Crippen molar-refractivity contribution in [1.29, 1.82) is 0 Å². The van der Waals surface area contributed by atoms with E-state index in [1.165, 1.54) is 25.0 Å². The van der Waals surface area contributed by atoms with Crippen molar-refractivity contribution >= 4 is 0 Å². The first-order valence-corrected chi connectivity index (χ1v) is 5.76. The molecular weight excluding hydrogens is 205 g/mol. The van der Waals surface area contributed by atoms with Crippen LogP contribution in [0.3, 0.4) is 0 Å². The highest BCUT2D eigenvalue weighted by Gasteiger charge is 2.29. The van der Waals surface area contributed by atoms with Crippen molar-refractivity contribution < 1.29 is 9.50 Å². The molecule has 0 spiro atoms. The van der Waals surface area contributed by atoms with Gasteiger partial charge in [0.15, 0.2) is 0 Å². The van der Waals surface area contributed by atoms with Crippen LogP contribution < -0.4 is 5.32 Å². The Morgan fingerprint density at radius 2 is 2.25 bits per heavy atom. The van der Waals surface area contributed by atoms with Crippen molar-refractivity contribution in [2.75, 3.05) is 13.2 Å². The molecule has 2 rings (SSSR count). The van der Waals surface area contributed by atoms with Crippen molar-refractivity contribution in [3.63, 3.8) is 0 Å². The fraction of sp³-hybridized carbons (Fsp3) is 0.538. The zero-order valence-electron chi connectivity index (χ0n) is 9.54. The lowest BCUT2D eigenvalue weighted by atomic mass is 9.92. The Morgan fingerprint density at radius 3 is 2.81 bits per heavy atom. The third-order valence-electron chi connectivity index (χ3n) is 3.26. The normalized spacial score (nSPS) is 19.4. The lowest BCUT2D eigenvalue weighted by molar-refractivity contribution is 0.173. The Kier molecular flexibility index (Phi) is 3.26. The smallest absolute Gasteiger partial charge is 0.123 e. The first-order chi connectivity index (χ1) is 7.64. The van der Waals surface area contributed by atoms with Gasteiger partial charge in [-0.2, -0.15) is 0 Å². The Balaban J connectivity index is 2.11. The van der Waals surface area contributed by atoms with Crippen LogP contribution in [0.25, 0.3) is 0 Å². The number of hydrogen-bond donors (Lipinski definition) is 2. The highest BCUT2D eigenvalue weighted by molar-refractivity contribution is 5.24. The van der Waals surface area contributed by atoms with Crippen LogP contribution in [0.2, 0.25) is 0 Å². The highest BCUT2D eigenvalue weighted by Crippen LogP contribution is 2.30. The molecule has 1 aliphatic rings. The van der Waals surface area contributed by atoms with Gasteiger partial charge >= 0.3 is 0 Å². The third-order valence-corrected chi connectivity index (χ3v) is 3.26. The maximum atomic E-state index is 13.1. The van der Waals surface area contributed by atoms with Crippen LogP contribution in [0.5, 0.6) is 0 Å². The fourth-order valence-corrected chi connectivity index (χ4v) is 1.77. The van der Waals surface area contributed by atoms with Crippen molar-refractivity contribution in [2.24, 2.45) is 5.92 Å². The van der Waals surface area contributed by atoms with E-state index < -0.39 is 5.54 Å². The van der Waals surface area contributed by atoms with Gasteiger partial charge in [0.1, 0.15) is 5.82 Å². The van der Waals surface area contributed by atoms with Gasteiger partial charge in [-0.15, -0.1) is 0 Å². The van der Waals surface area contributed by atoms with Crippen LogP contribution in [0.1, 0.15) is 25.3 Å². The third kappa shape index (κ3) is 2.60. The van der Waals surface area contributed by atoms with Gasteiger partial charge < -0.3 is 10.4 Å². The molecule has 1 aromatic carbocycles. The topological polar surface area (TPSA) is 32.3 Å². The van der Waals surface area contributed by atoms with Crippen LogP contribution >= 0.6 is 0 Å². The van der Waals surface area contributed by atoms with Gasteiger partial charge in [0.2, 0.25) is 0 Å². The Morgan fingerprint density at radius 1 is 1.50 bits per heavy atom. The summed E-state index contributed by atoms with van der Waals surface area (Å²) in [4.78, 5) is 0. The lowest BCUT2D eigenvalue weighted by Crippen LogP contribution is -2.43. The van der Waals surface area contributed by atoms with Crippen LogP contribution in [0.15, 0.2) is 24.3 Å². The SMILES string of the molecule is CC(CO)(NCC1CC1)c1cccc(F)c1. The van der Waals surface area contributed by atoms with E-state index in [4.69, 9.17) is 0 Å². The molecule has 0 aliphatic heterocycles. The van der Waals surface area contributed by atoms with Gasteiger partial charge in [0.05, 0.1) is 12.1 Å². The summed E-state index contributed by atoms with van der Waals surface area (Å²) in [7, 11) is 0. The molecule has 2 nitrogen and oxygen atoms in total. The minimum absolute atomic E-state index is 0.0246. The van der Waals surface area contributed by atoms with Crippen molar-refractivity contribution in [2.45, 2.75) is 25.3 Å². The first-order valence-electron chi connectivity index (χ1n) is 5.76. The van der Waals surface area contributed by atoms with Crippen molar-refractivity contribution in [3.05, 3.63) is 35.6 Å². The molecular formula is C13H18FNO. The minimum Gasteiger partial charge on any atom is -0.394 e. The average molecular weight is 223 g/mol. The zero-order chi connectivity index (χ0) is 11.6. The summed E-state index contributed by atoms with van der Waals surface area (Å²) in [5.41, 5.74) is 0.265. The van der Waals surface area contributed by atoms with E-state index in [1.54, 1.807) is 6.07 Å². The maximum Gasteiger partial charge on any atom is 0.123 e. The second kappa shape index (κ2) is 4.52. The van der Waals surface area contributed by atoms with Gasteiger partial charge in [-0.25, -0.2) is 4.39 Å². The number of aliphatic hydroxyl groups is 1. The maximum absolute atomic E-state index is 13.1. The van der Waals surface area contributed by atoms with Crippen LogP contribution in [0.4, 0.5) is 4.39 Å². The second-order valence-corrected chi connectivity index (χ2v) is 4.82. The molecule has 1 aromatic rings. The molecule has 16 heavy (non-hydrogen) atoms. The minimum atomic E-state index is -0.537. The lowest BCUT2D eigenvalue weighted by Gasteiger charge is -2.29. The summed E-state index contributed by atoms with van der Waals surface area (Å²) in [5.74, 6) is 0.477. The Hall–Kier alpha value is -0.930. The monoisotopic (exact) mass is 223 g/mol. The van der Waals surface area contributed by atoms with E-state index in [-0.39, 0.29) is 12.4 Å². The predicted octanol–water partition coefficient (Wildman–Crippen LogP) is 2.03. The average Bonchev–Trinajstić information content (AvgIpc) is 3.10. The van der Waals surface area contributed by atoms with E-state index in [0.29, 0.717) is 0 Å². The van der Waals surface area contributed by atoms with Crippen LogP contribution in [-0.4, -0.2) is 18.3 Å². The predicted molar refractivity (Wildman–Crippen MR) is 61.6 cm³/mol. The van der Waals surface area contributed by atoms with Gasteiger partial charge in [-0.05, 0) is 49.9 Å². The molecule has 0 aromatic heterocycles. The Labute approximate surface area is 95.5 Å². The summed E-state index contributed by atoms with van der Waals surface area (Å²) in [6, 6.07) is 6.43. The van der Waals surface area contributed by atoms with E-state index in [2.05, 4.69) is 5.32 Å². The fourth-order valence-electron chi connectivity index (χ4n) is 1.77. The number of halogens is 1. The molecule has 1 fully saturated rings.